The molecule has 1 fully saturated rings. The lowest BCUT2D eigenvalue weighted by molar-refractivity contribution is 0.254. The average Bonchev–Trinajstić information content (AvgIpc) is 2.91. The number of aryl methyl sites for hydroxylation is 1. The molecule has 0 spiro atoms. The van der Waals surface area contributed by atoms with Crippen LogP contribution in [0.25, 0.3) is 0 Å². The first kappa shape index (κ1) is 15.2. The molecule has 1 N–H and O–H groups in total. The molecule has 0 aliphatic heterocycles. The minimum absolute atomic E-state index is 0.443. The molecule has 20 heavy (non-hydrogen) atoms. The van der Waals surface area contributed by atoms with Crippen molar-refractivity contribution in [1.82, 2.24) is 14.9 Å². The molecule has 1 aliphatic rings. The zero-order chi connectivity index (χ0) is 14.5. The van der Waals surface area contributed by atoms with E-state index < -0.39 is 0 Å². The molecular formula is C16H28N4. The largest absolute Gasteiger partial charge is 0.353 e. The number of hydrogen-bond donors (Lipinski definition) is 1. The summed E-state index contributed by atoms with van der Waals surface area (Å²) in [5.74, 6) is 1.21. The van der Waals surface area contributed by atoms with Gasteiger partial charge in [0.05, 0.1) is 0 Å². The predicted octanol–water partition coefficient (Wildman–Crippen LogP) is 3.19. The van der Waals surface area contributed by atoms with Crippen LogP contribution in [0, 0.1) is 6.92 Å². The van der Waals surface area contributed by atoms with Crippen LogP contribution in [0.4, 0.5) is 5.95 Å². The number of likely N-dealkylation sites (N-methyl/N-ethyl adjacent to an activating group) is 1. The number of hydrogen-bond acceptors (Lipinski definition) is 4. The molecule has 1 aliphatic carbocycles. The maximum Gasteiger partial charge on any atom is 0.223 e. The Morgan fingerprint density at radius 3 is 2.65 bits per heavy atom. The second-order valence-electron chi connectivity index (χ2n) is 6.26. The highest BCUT2D eigenvalue weighted by atomic mass is 15.2. The van der Waals surface area contributed by atoms with E-state index in [0.717, 1.165) is 36.5 Å². The van der Waals surface area contributed by atoms with Crippen molar-refractivity contribution in [2.24, 2.45) is 0 Å². The monoisotopic (exact) mass is 276 g/mol. The summed E-state index contributed by atoms with van der Waals surface area (Å²) in [5, 5.41) is 3.37. The fraction of sp³-hybridized carbons (Fsp3) is 0.750. The van der Waals surface area contributed by atoms with Crippen molar-refractivity contribution < 1.29 is 0 Å². The average molecular weight is 276 g/mol. The zero-order valence-corrected chi connectivity index (χ0v) is 13.3. The van der Waals surface area contributed by atoms with Crippen LogP contribution in [-0.4, -0.2) is 41.0 Å². The van der Waals surface area contributed by atoms with Gasteiger partial charge in [0.15, 0.2) is 0 Å². The summed E-state index contributed by atoms with van der Waals surface area (Å²) in [5.41, 5.74) is 2.15. The first-order valence-electron chi connectivity index (χ1n) is 7.86. The predicted molar refractivity (Wildman–Crippen MR) is 84.2 cm³/mol. The van der Waals surface area contributed by atoms with Crippen molar-refractivity contribution in [3.63, 3.8) is 0 Å². The standard InChI is InChI=1S/C16H28N4/c1-12(2)15-11-13(3)18-16(19-15)17-9-10-20(4)14-7-5-6-8-14/h11-12,14H,5-10H2,1-4H3,(H,17,18,19). The number of nitrogens with zero attached hydrogens (tertiary/aromatic N) is 3. The molecule has 1 aromatic heterocycles. The highest BCUT2D eigenvalue weighted by molar-refractivity contribution is 5.29. The molecule has 1 saturated carbocycles. The second-order valence-corrected chi connectivity index (χ2v) is 6.26. The van der Waals surface area contributed by atoms with Crippen LogP contribution in [0.3, 0.4) is 0 Å². The van der Waals surface area contributed by atoms with Crippen LogP contribution in [0.1, 0.15) is 56.8 Å². The fourth-order valence-corrected chi connectivity index (χ4v) is 2.84. The lowest BCUT2D eigenvalue weighted by Crippen LogP contribution is -2.33. The molecule has 1 heterocycles. The molecule has 2 rings (SSSR count). The molecule has 4 nitrogen and oxygen atoms in total. The summed E-state index contributed by atoms with van der Waals surface area (Å²) in [6, 6.07) is 2.85. The van der Waals surface area contributed by atoms with Crippen molar-refractivity contribution in [2.75, 3.05) is 25.5 Å². The Kier molecular flexibility index (Phi) is 5.35. The zero-order valence-electron chi connectivity index (χ0n) is 13.3. The van der Waals surface area contributed by atoms with E-state index in [1.807, 2.05) is 6.92 Å². The Labute approximate surface area is 123 Å². The summed E-state index contributed by atoms with van der Waals surface area (Å²) in [4.78, 5) is 11.5. The van der Waals surface area contributed by atoms with Gasteiger partial charge in [-0.1, -0.05) is 26.7 Å². The summed E-state index contributed by atoms with van der Waals surface area (Å²) in [6.45, 7) is 8.33. The molecule has 0 aromatic carbocycles. The lowest BCUT2D eigenvalue weighted by Gasteiger charge is -2.24. The number of nitrogens with one attached hydrogen (secondary N) is 1. The first-order valence-corrected chi connectivity index (χ1v) is 7.86. The lowest BCUT2D eigenvalue weighted by atomic mass is 10.1. The maximum atomic E-state index is 4.59. The molecular weight excluding hydrogens is 248 g/mol. The summed E-state index contributed by atoms with van der Waals surface area (Å²) in [7, 11) is 2.23. The number of aromatic nitrogens is 2. The minimum Gasteiger partial charge on any atom is -0.353 e. The third-order valence-electron chi connectivity index (χ3n) is 4.16. The normalized spacial score (nSPS) is 16.3. The van der Waals surface area contributed by atoms with Crippen molar-refractivity contribution in [2.45, 2.75) is 58.4 Å². The van der Waals surface area contributed by atoms with Crippen molar-refractivity contribution in [3.05, 3.63) is 17.5 Å². The Bertz CT molecular complexity index is 424. The molecule has 0 saturated heterocycles. The van der Waals surface area contributed by atoms with Crippen LogP contribution < -0.4 is 5.32 Å². The van der Waals surface area contributed by atoms with Gasteiger partial charge in [0.1, 0.15) is 0 Å². The Morgan fingerprint density at radius 2 is 2.00 bits per heavy atom. The van der Waals surface area contributed by atoms with E-state index in [4.69, 9.17) is 0 Å². The third-order valence-corrected chi connectivity index (χ3v) is 4.16. The van der Waals surface area contributed by atoms with Crippen LogP contribution >= 0.6 is 0 Å². The summed E-state index contributed by atoms with van der Waals surface area (Å²) >= 11 is 0. The Hall–Kier alpha value is -1.16. The van der Waals surface area contributed by atoms with E-state index in [2.05, 4.69) is 47.1 Å². The topological polar surface area (TPSA) is 41.1 Å². The van der Waals surface area contributed by atoms with Crippen molar-refractivity contribution in [3.8, 4) is 0 Å². The Balaban J connectivity index is 1.84. The van der Waals surface area contributed by atoms with Crippen LogP contribution in [0.5, 0.6) is 0 Å². The van der Waals surface area contributed by atoms with Gasteiger partial charge in [-0.2, -0.15) is 0 Å². The van der Waals surface area contributed by atoms with Crippen molar-refractivity contribution >= 4 is 5.95 Å². The highest BCUT2D eigenvalue weighted by Gasteiger charge is 2.18. The molecule has 0 unspecified atom stereocenters. The van der Waals surface area contributed by atoms with Crippen molar-refractivity contribution in [1.29, 1.82) is 0 Å². The van der Waals surface area contributed by atoms with Gasteiger partial charge in [0, 0.05) is 30.5 Å². The van der Waals surface area contributed by atoms with E-state index in [9.17, 15) is 0 Å². The van der Waals surface area contributed by atoms with Gasteiger partial charge in [0.25, 0.3) is 0 Å². The maximum absolute atomic E-state index is 4.59. The van der Waals surface area contributed by atoms with Gasteiger partial charge >= 0.3 is 0 Å². The van der Waals surface area contributed by atoms with Gasteiger partial charge in [-0.25, -0.2) is 9.97 Å². The van der Waals surface area contributed by atoms with Gasteiger partial charge < -0.3 is 10.2 Å². The minimum atomic E-state index is 0.443. The molecule has 0 bridgehead atoms. The molecule has 112 valence electrons. The highest BCUT2D eigenvalue weighted by Crippen LogP contribution is 2.22. The smallest absolute Gasteiger partial charge is 0.223 e. The Morgan fingerprint density at radius 1 is 1.30 bits per heavy atom. The number of anilines is 1. The first-order chi connectivity index (χ1) is 9.56. The molecule has 0 amide bonds. The van der Waals surface area contributed by atoms with E-state index in [1.54, 1.807) is 0 Å². The second kappa shape index (κ2) is 7.02. The van der Waals surface area contributed by atoms with Crippen LogP contribution in [-0.2, 0) is 0 Å². The number of rotatable bonds is 6. The molecule has 1 aromatic rings. The van der Waals surface area contributed by atoms with E-state index in [-0.39, 0.29) is 0 Å². The summed E-state index contributed by atoms with van der Waals surface area (Å²) in [6.07, 6.45) is 5.49. The van der Waals surface area contributed by atoms with Crippen LogP contribution in [0.2, 0.25) is 0 Å². The third kappa shape index (κ3) is 4.17. The SMILES string of the molecule is Cc1cc(C(C)C)nc(NCCN(C)C2CCCC2)n1. The van der Waals surface area contributed by atoms with E-state index in [1.165, 1.54) is 25.7 Å². The van der Waals surface area contributed by atoms with Gasteiger partial charge in [-0.05, 0) is 38.8 Å². The van der Waals surface area contributed by atoms with Gasteiger partial charge in [-0.15, -0.1) is 0 Å². The summed E-state index contributed by atoms with van der Waals surface area (Å²) < 4.78 is 0. The van der Waals surface area contributed by atoms with Gasteiger partial charge in [0.2, 0.25) is 5.95 Å². The van der Waals surface area contributed by atoms with E-state index >= 15 is 0 Å². The molecule has 0 radical (unpaired) electrons. The van der Waals surface area contributed by atoms with E-state index in [0.29, 0.717) is 5.92 Å². The molecule has 4 heteroatoms. The van der Waals surface area contributed by atoms with Gasteiger partial charge in [-0.3, -0.25) is 0 Å². The van der Waals surface area contributed by atoms with Crippen LogP contribution in [0.15, 0.2) is 6.07 Å². The quantitative estimate of drug-likeness (QED) is 0.866. The molecule has 0 atom stereocenters. The fourth-order valence-electron chi connectivity index (χ4n) is 2.84.